The molecule has 3 rings (SSSR count). The molecule has 1 aliphatic rings. The van der Waals surface area contributed by atoms with Gasteiger partial charge in [0.2, 0.25) is 5.91 Å². The van der Waals surface area contributed by atoms with Gasteiger partial charge in [-0.25, -0.2) is 0 Å². The summed E-state index contributed by atoms with van der Waals surface area (Å²) in [4.78, 5) is 29.1. The third-order valence-corrected chi connectivity index (χ3v) is 5.72. The first-order valence-corrected chi connectivity index (χ1v) is 9.90. The highest BCUT2D eigenvalue weighted by Gasteiger charge is 2.42. The van der Waals surface area contributed by atoms with Crippen LogP contribution in [-0.2, 0) is 11.0 Å². The molecule has 2 atom stereocenters. The number of nitrogens with zero attached hydrogens (tertiary/aromatic N) is 2. The fourth-order valence-electron chi connectivity index (χ4n) is 3.82. The van der Waals surface area contributed by atoms with Crippen LogP contribution in [0.5, 0.6) is 0 Å². The Bertz CT molecular complexity index is 925. The van der Waals surface area contributed by atoms with Gasteiger partial charge < -0.3 is 9.80 Å². The predicted molar refractivity (Wildman–Crippen MR) is 108 cm³/mol. The number of hydrogen-bond acceptors (Lipinski definition) is 2. The highest BCUT2D eigenvalue weighted by molar-refractivity contribution is 5.95. The monoisotopic (exact) mass is 418 g/mol. The van der Waals surface area contributed by atoms with E-state index in [1.807, 2.05) is 26.0 Å². The number of likely N-dealkylation sites (tertiary alicyclic amines) is 1. The van der Waals surface area contributed by atoms with Crippen molar-refractivity contribution in [1.82, 2.24) is 9.80 Å². The minimum Gasteiger partial charge on any atom is -0.346 e. The van der Waals surface area contributed by atoms with Crippen LogP contribution in [0.2, 0.25) is 0 Å². The maximum absolute atomic E-state index is 13.2. The van der Waals surface area contributed by atoms with E-state index in [0.717, 1.165) is 17.7 Å². The molecule has 0 aromatic heterocycles. The molecular weight excluding hydrogens is 393 g/mol. The van der Waals surface area contributed by atoms with Crippen molar-refractivity contribution in [3.05, 3.63) is 70.8 Å². The van der Waals surface area contributed by atoms with Crippen LogP contribution >= 0.6 is 0 Å². The van der Waals surface area contributed by atoms with Gasteiger partial charge in [-0.05, 0) is 37.6 Å². The second-order valence-corrected chi connectivity index (χ2v) is 7.76. The topological polar surface area (TPSA) is 40.6 Å². The normalized spacial score (nSPS) is 19.1. The molecule has 0 radical (unpaired) electrons. The maximum Gasteiger partial charge on any atom is 0.416 e. The Hall–Kier alpha value is -2.83. The molecular formula is C23H25F3N2O2. The lowest BCUT2D eigenvalue weighted by molar-refractivity contribution is -0.137. The first-order valence-electron chi connectivity index (χ1n) is 9.90. The number of benzene rings is 2. The van der Waals surface area contributed by atoms with Crippen LogP contribution in [0.25, 0.3) is 0 Å². The molecule has 1 saturated heterocycles. The number of hydrogen-bond donors (Lipinski definition) is 0. The molecule has 0 aliphatic carbocycles. The number of amides is 2. The van der Waals surface area contributed by atoms with Gasteiger partial charge in [0.1, 0.15) is 0 Å². The zero-order valence-corrected chi connectivity index (χ0v) is 17.2. The average Bonchev–Trinajstić information content (AvgIpc) is 3.17. The summed E-state index contributed by atoms with van der Waals surface area (Å²) in [6, 6.07) is 12.2. The molecule has 4 nitrogen and oxygen atoms in total. The molecule has 2 unspecified atom stereocenters. The smallest absolute Gasteiger partial charge is 0.346 e. The number of alkyl halides is 3. The third kappa shape index (κ3) is 4.50. The van der Waals surface area contributed by atoms with Gasteiger partial charge in [-0.1, -0.05) is 35.9 Å². The van der Waals surface area contributed by atoms with Gasteiger partial charge in [0, 0.05) is 38.2 Å². The lowest BCUT2D eigenvalue weighted by Crippen LogP contribution is -2.37. The third-order valence-electron chi connectivity index (χ3n) is 5.72. The number of carbonyl (C=O) groups excluding carboxylic acids is 2. The van der Waals surface area contributed by atoms with Crippen LogP contribution in [0, 0.1) is 12.8 Å². The maximum atomic E-state index is 13.2. The summed E-state index contributed by atoms with van der Waals surface area (Å²) >= 11 is 0. The van der Waals surface area contributed by atoms with Gasteiger partial charge in [0.05, 0.1) is 11.5 Å². The summed E-state index contributed by atoms with van der Waals surface area (Å²) < 4.78 is 39.6. The Balaban J connectivity index is 1.94. The molecule has 0 bridgehead atoms. The Morgan fingerprint density at radius 2 is 1.77 bits per heavy atom. The van der Waals surface area contributed by atoms with Crippen molar-refractivity contribution in [3.63, 3.8) is 0 Å². The molecule has 0 N–H and O–H groups in total. The summed E-state index contributed by atoms with van der Waals surface area (Å²) in [7, 11) is 1.66. The standard InChI is InChI=1S/C23H25F3N2O2/c1-4-27(3)22(30)20-14-28(21(29)16-10-8-15(2)9-11-16)13-19(20)17-6-5-7-18(12-17)23(24,25)26/h5-12,19-20H,4,13-14H2,1-3H3. The summed E-state index contributed by atoms with van der Waals surface area (Å²) in [5, 5.41) is 0. The molecule has 0 spiro atoms. The lowest BCUT2D eigenvalue weighted by atomic mass is 9.87. The Morgan fingerprint density at radius 3 is 2.37 bits per heavy atom. The van der Waals surface area contributed by atoms with E-state index < -0.39 is 23.6 Å². The zero-order valence-electron chi connectivity index (χ0n) is 17.2. The molecule has 1 heterocycles. The Kier molecular flexibility index (Phi) is 6.19. The predicted octanol–water partition coefficient (Wildman–Crippen LogP) is 4.35. The van der Waals surface area contributed by atoms with Gasteiger partial charge in [-0.2, -0.15) is 13.2 Å². The van der Waals surface area contributed by atoms with Crippen molar-refractivity contribution in [3.8, 4) is 0 Å². The van der Waals surface area contributed by atoms with E-state index in [4.69, 9.17) is 0 Å². The second kappa shape index (κ2) is 8.50. The Labute approximate surface area is 174 Å². The minimum atomic E-state index is -4.47. The first-order chi connectivity index (χ1) is 14.1. The van der Waals surface area contributed by atoms with E-state index in [0.29, 0.717) is 17.7 Å². The van der Waals surface area contributed by atoms with Crippen molar-refractivity contribution in [2.75, 3.05) is 26.7 Å². The molecule has 1 fully saturated rings. The van der Waals surface area contributed by atoms with Gasteiger partial charge in [-0.3, -0.25) is 9.59 Å². The molecule has 2 aromatic carbocycles. The molecule has 1 aliphatic heterocycles. The molecule has 0 saturated carbocycles. The van der Waals surface area contributed by atoms with Gasteiger partial charge in [0.25, 0.3) is 5.91 Å². The van der Waals surface area contributed by atoms with Crippen LogP contribution in [0.4, 0.5) is 13.2 Å². The van der Waals surface area contributed by atoms with Crippen LogP contribution in [0.1, 0.15) is 39.9 Å². The summed E-state index contributed by atoms with van der Waals surface area (Å²) in [5.74, 6) is -1.48. The average molecular weight is 418 g/mol. The van der Waals surface area contributed by atoms with Crippen molar-refractivity contribution < 1.29 is 22.8 Å². The second-order valence-electron chi connectivity index (χ2n) is 7.76. The number of carbonyl (C=O) groups is 2. The van der Waals surface area contributed by atoms with E-state index in [-0.39, 0.29) is 24.9 Å². The van der Waals surface area contributed by atoms with E-state index >= 15 is 0 Å². The summed E-state index contributed by atoms with van der Waals surface area (Å²) in [6.45, 7) is 4.61. The number of halogens is 3. The number of aryl methyl sites for hydroxylation is 1. The molecule has 160 valence electrons. The van der Waals surface area contributed by atoms with E-state index in [1.165, 1.54) is 6.07 Å². The van der Waals surface area contributed by atoms with Crippen LogP contribution < -0.4 is 0 Å². The highest BCUT2D eigenvalue weighted by Crippen LogP contribution is 2.37. The minimum absolute atomic E-state index is 0.167. The molecule has 2 aromatic rings. The van der Waals surface area contributed by atoms with Gasteiger partial charge in [-0.15, -0.1) is 0 Å². The largest absolute Gasteiger partial charge is 0.416 e. The van der Waals surface area contributed by atoms with Crippen LogP contribution in [0.3, 0.4) is 0 Å². The van der Waals surface area contributed by atoms with Crippen molar-refractivity contribution >= 4 is 11.8 Å². The zero-order chi connectivity index (χ0) is 22.1. The lowest BCUT2D eigenvalue weighted by Gasteiger charge is -2.23. The van der Waals surface area contributed by atoms with E-state index in [2.05, 4.69) is 0 Å². The van der Waals surface area contributed by atoms with Gasteiger partial charge >= 0.3 is 6.18 Å². The SMILES string of the molecule is CCN(C)C(=O)C1CN(C(=O)c2ccc(C)cc2)CC1c1cccc(C(F)(F)F)c1. The summed E-state index contributed by atoms with van der Waals surface area (Å²) in [5.41, 5.74) is 1.19. The molecule has 2 amide bonds. The Morgan fingerprint density at radius 1 is 1.10 bits per heavy atom. The van der Waals surface area contributed by atoms with Crippen LogP contribution in [0.15, 0.2) is 48.5 Å². The van der Waals surface area contributed by atoms with Crippen molar-refractivity contribution in [2.45, 2.75) is 25.9 Å². The highest BCUT2D eigenvalue weighted by atomic mass is 19.4. The van der Waals surface area contributed by atoms with Gasteiger partial charge in [0.15, 0.2) is 0 Å². The van der Waals surface area contributed by atoms with Crippen LogP contribution in [-0.4, -0.2) is 48.3 Å². The first kappa shape index (κ1) is 21.9. The quantitative estimate of drug-likeness (QED) is 0.741. The van der Waals surface area contributed by atoms with Crippen molar-refractivity contribution in [2.24, 2.45) is 5.92 Å². The fourth-order valence-corrected chi connectivity index (χ4v) is 3.82. The molecule has 30 heavy (non-hydrogen) atoms. The number of rotatable bonds is 4. The fraction of sp³-hybridized carbons (Fsp3) is 0.391. The van der Waals surface area contributed by atoms with E-state index in [9.17, 15) is 22.8 Å². The summed E-state index contributed by atoms with van der Waals surface area (Å²) in [6.07, 6.45) is -4.47. The van der Waals surface area contributed by atoms with Crippen molar-refractivity contribution in [1.29, 1.82) is 0 Å². The van der Waals surface area contributed by atoms with E-state index in [1.54, 1.807) is 35.0 Å². The molecule has 7 heteroatoms.